The summed E-state index contributed by atoms with van der Waals surface area (Å²) in [5.74, 6) is -0.226. The molecule has 0 spiro atoms. The number of H-pyrrole nitrogens is 1. The summed E-state index contributed by atoms with van der Waals surface area (Å²) in [5, 5.41) is 0.928. The molecule has 1 saturated heterocycles. The van der Waals surface area contributed by atoms with E-state index in [0.29, 0.717) is 11.6 Å². The molecule has 4 nitrogen and oxygen atoms in total. The Morgan fingerprint density at radius 2 is 2.04 bits per heavy atom. The highest BCUT2D eigenvalue weighted by Gasteiger charge is 2.37. The number of likely N-dealkylation sites (N-methyl/N-ethyl adjacent to an activating group) is 1. The molecule has 2 unspecified atom stereocenters. The van der Waals surface area contributed by atoms with Crippen molar-refractivity contribution >= 4 is 16.9 Å². The first-order chi connectivity index (χ1) is 10.5. The number of carbonyl (C=O) groups excluding carboxylic acids is 1. The Labute approximate surface area is 148 Å². The van der Waals surface area contributed by atoms with E-state index >= 15 is 0 Å². The average Bonchev–Trinajstić information content (AvgIpc) is 2.90. The van der Waals surface area contributed by atoms with Crippen molar-refractivity contribution in [3.63, 3.8) is 0 Å². The van der Waals surface area contributed by atoms with Gasteiger partial charge < -0.3 is 31.2 Å². The first-order valence-corrected chi connectivity index (χ1v) is 8.09. The standard InChI is InChI=1S/C18H24N2O2.BrH/c1-13(17-10-6-7-11-20(17,2)3)22-18(21)15-12-19-16-9-5-4-8-14(15)16;/h4-5,8-9,12-13,17H,6-7,10-11H2,1-3H3;1H. The highest BCUT2D eigenvalue weighted by atomic mass is 79.9. The van der Waals surface area contributed by atoms with Crippen LogP contribution in [-0.2, 0) is 4.74 Å². The third-order valence-electron chi connectivity index (χ3n) is 5.03. The first-order valence-electron chi connectivity index (χ1n) is 8.09. The summed E-state index contributed by atoms with van der Waals surface area (Å²) in [7, 11) is 4.47. The molecule has 0 radical (unpaired) electrons. The van der Waals surface area contributed by atoms with Crippen molar-refractivity contribution in [1.82, 2.24) is 4.98 Å². The van der Waals surface area contributed by atoms with Crippen molar-refractivity contribution in [1.29, 1.82) is 0 Å². The van der Waals surface area contributed by atoms with Gasteiger partial charge in [-0.25, -0.2) is 4.79 Å². The molecule has 0 aliphatic carbocycles. The SMILES string of the molecule is CC(OC(=O)c1c[nH]c2ccccc12)C1CCCC[N+]1(C)C.[Br-]. The Morgan fingerprint density at radius 1 is 1.30 bits per heavy atom. The Bertz CT molecular complexity index is 680. The third kappa shape index (κ3) is 3.61. The molecule has 126 valence electrons. The summed E-state index contributed by atoms with van der Waals surface area (Å²) in [6, 6.07) is 8.20. The van der Waals surface area contributed by atoms with Crippen LogP contribution in [0.5, 0.6) is 0 Å². The van der Waals surface area contributed by atoms with Gasteiger partial charge in [0.2, 0.25) is 0 Å². The van der Waals surface area contributed by atoms with Gasteiger partial charge in [0.1, 0.15) is 6.04 Å². The number of quaternary nitrogens is 1. The van der Waals surface area contributed by atoms with Crippen LogP contribution >= 0.6 is 0 Å². The van der Waals surface area contributed by atoms with Crippen molar-refractivity contribution in [2.75, 3.05) is 20.6 Å². The number of hydrogen-bond donors (Lipinski definition) is 1. The predicted molar refractivity (Wildman–Crippen MR) is 87.8 cm³/mol. The lowest BCUT2D eigenvalue weighted by molar-refractivity contribution is -0.923. The van der Waals surface area contributed by atoms with E-state index in [-0.39, 0.29) is 29.1 Å². The van der Waals surface area contributed by atoms with Gasteiger partial charge in [-0.2, -0.15) is 0 Å². The zero-order valence-electron chi connectivity index (χ0n) is 14.0. The van der Waals surface area contributed by atoms with Gasteiger partial charge in [0, 0.05) is 23.5 Å². The minimum Gasteiger partial charge on any atom is -1.00 e. The summed E-state index contributed by atoms with van der Waals surface area (Å²) in [4.78, 5) is 15.7. The van der Waals surface area contributed by atoms with E-state index in [0.717, 1.165) is 28.4 Å². The maximum Gasteiger partial charge on any atom is 0.340 e. The molecule has 2 heterocycles. The van der Waals surface area contributed by atoms with Crippen molar-refractivity contribution in [3.05, 3.63) is 36.0 Å². The van der Waals surface area contributed by atoms with Gasteiger partial charge >= 0.3 is 5.97 Å². The maximum atomic E-state index is 12.5. The average molecular weight is 381 g/mol. The molecule has 1 fully saturated rings. The molecule has 0 amide bonds. The number of aromatic nitrogens is 1. The van der Waals surface area contributed by atoms with Crippen LogP contribution in [0.4, 0.5) is 0 Å². The van der Waals surface area contributed by atoms with Crippen LogP contribution in [0.2, 0.25) is 0 Å². The third-order valence-corrected chi connectivity index (χ3v) is 5.03. The number of piperidine rings is 1. The van der Waals surface area contributed by atoms with Crippen LogP contribution in [0.3, 0.4) is 0 Å². The maximum absolute atomic E-state index is 12.5. The number of fused-ring (bicyclic) bond motifs is 1. The predicted octanol–water partition coefficient (Wildman–Crippen LogP) is 0.346. The van der Waals surface area contributed by atoms with Gasteiger partial charge in [-0.1, -0.05) is 18.2 Å². The minimum atomic E-state index is -0.226. The molecule has 5 heteroatoms. The van der Waals surface area contributed by atoms with Crippen molar-refractivity contribution in [2.24, 2.45) is 0 Å². The Kier molecular flexibility index (Phi) is 5.53. The fourth-order valence-corrected chi connectivity index (χ4v) is 3.74. The van der Waals surface area contributed by atoms with Crippen LogP contribution < -0.4 is 17.0 Å². The molecule has 1 N–H and O–H groups in total. The molecule has 2 atom stereocenters. The molecule has 1 aromatic carbocycles. The summed E-state index contributed by atoms with van der Waals surface area (Å²) in [5.41, 5.74) is 1.60. The Hall–Kier alpha value is -1.33. The second kappa shape index (κ2) is 7.05. The number of rotatable bonds is 3. The summed E-state index contributed by atoms with van der Waals surface area (Å²) >= 11 is 0. The van der Waals surface area contributed by atoms with Crippen LogP contribution in [0, 0.1) is 0 Å². The van der Waals surface area contributed by atoms with E-state index in [4.69, 9.17) is 4.74 Å². The van der Waals surface area contributed by atoms with E-state index < -0.39 is 0 Å². The van der Waals surface area contributed by atoms with Crippen LogP contribution in [0.1, 0.15) is 36.5 Å². The van der Waals surface area contributed by atoms with Gasteiger partial charge in [0.25, 0.3) is 0 Å². The Balaban J connectivity index is 0.00000192. The van der Waals surface area contributed by atoms with E-state index in [1.54, 1.807) is 6.20 Å². The molecule has 1 aromatic heterocycles. The monoisotopic (exact) mass is 380 g/mol. The molecule has 2 aromatic rings. The molecular weight excluding hydrogens is 356 g/mol. The van der Waals surface area contributed by atoms with Gasteiger partial charge in [-0.3, -0.25) is 0 Å². The number of ether oxygens (including phenoxy) is 1. The molecule has 1 aliphatic rings. The normalized spacial score (nSPS) is 21.4. The minimum absolute atomic E-state index is 0. The fourth-order valence-electron chi connectivity index (χ4n) is 3.74. The quantitative estimate of drug-likeness (QED) is 0.616. The number of nitrogens with zero attached hydrogens (tertiary/aromatic N) is 1. The fraction of sp³-hybridized carbons (Fsp3) is 0.500. The number of benzene rings is 1. The molecule has 23 heavy (non-hydrogen) atoms. The number of nitrogens with one attached hydrogen (secondary N) is 1. The molecule has 3 rings (SSSR count). The molecule has 0 bridgehead atoms. The van der Waals surface area contributed by atoms with E-state index in [2.05, 4.69) is 19.1 Å². The topological polar surface area (TPSA) is 42.1 Å². The van der Waals surface area contributed by atoms with Crippen molar-refractivity contribution in [2.45, 2.75) is 38.3 Å². The first kappa shape index (κ1) is 18.0. The highest BCUT2D eigenvalue weighted by molar-refractivity contribution is 6.04. The van der Waals surface area contributed by atoms with Gasteiger partial charge in [0.05, 0.1) is 26.2 Å². The van der Waals surface area contributed by atoms with E-state index in [1.165, 1.54) is 12.8 Å². The summed E-state index contributed by atoms with van der Waals surface area (Å²) < 4.78 is 6.74. The zero-order valence-corrected chi connectivity index (χ0v) is 15.6. The van der Waals surface area contributed by atoms with Crippen LogP contribution in [0.25, 0.3) is 10.9 Å². The zero-order chi connectivity index (χ0) is 15.7. The second-order valence-corrected chi connectivity index (χ2v) is 6.92. The van der Waals surface area contributed by atoms with Crippen LogP contribution in [0.15, 0.2) is 30.5 Å². The van der Waals surface area contributed by atoms with Gasteiger partial charge in [-0.15, -0.1) is 0 Å². The lowest BCUT2D eigenvalue weighted by Gasteiger charge is -2.43. The second-order valence-electron chi connectivity index (χ2n) is 6.92. The molecule has 0 saturated carbocycles. The molecular formula is C18H25BrN2O2. The van der Waals surface area contributed by atoms with Crippen molar-refractivity contribution in [3.8, 4) is 0 Å². The number of esters is 1. The number of hydrogen-bond acceptors (Lipinski definition) is 2. The Morgan fingerprint density at radius 3 is 2.78 bits per heavy atom. The number of aromatic amines is 1. The van der Waals surface area contributed by atoms with Crippen molar-refractivity contribution < 1.29 is 31.0 Å². The van der Waals surface area contributed by atoms with Gasteiger partial charge in [0.15, 0.2) is 6.10 Å². The highest BCUT2D eigenvalue weighted by Crippen LogP contribution is 2.27. The lowest BCUT2D eigenvalue weighted by atomic mass is 9.96. The number of likely N-dealkylation sites (tertiary alicyclic amines) is 1. The van der Waals surface area contributed by atoms with E-state index in [9.17, 15) is 4.79 Å². The van der Waals surface area contributed by atoms with E-state index in [1.807, 2.05) is 31.2 Å². The van der Waals surface area contributed by atoms with Crippen LogP contribution in [-0.4, -0.2) is 48.2 Å². The number of carbonyl (C=O) groups is 1. The largest absolute Gasteiger partial charge is 1.00 e. The lowest BCUT2D eigenvalue weighted by Crippen LogP contribution is -3.00. The number of halogens is 1. The number of para-hydroxylation sites is 1. The smallest absolute Gasteiger partial charge is 0.340 e. The summed E-state index contributed by atoms with van der Waals surface area (Å²) in [6.07, 6.45) is 5.28. The molecule has 1 aliphatic heterocycles. The van der Waals surface area contributed by atoms with Gasteiger partial charge in [-0.05, 0) is 25.8 Å². The summed E-state index contributed by atoms with van der Waals surface area (Å²) in [6.45, 7) is 3.18.